The number of ether oxygens (including phenoxy) is 1. The minimum absolute atomic E-state index is 0.0934. The van der Waals surface area contributed by atoms with Crippen LogP contribution in [-0.4, -0.2) is 26.1 Å². The summed E-state index contributed by atoms with van der Waals surface area (Å²) in [5.74, 6) is 0.859. The Labute approximate surface area is 152 Å². The third kappa shape index (κ3) is 3.81. The van der Waals surface area contributed by atoms with Crippen molar-refractivity contribution < 1.29 is 4.74 Å². The molecule has 0 aliphatic heterocycles. The first-order valence-electron chi connectivity index (χ1n) is 6.83. The average molecular weight is 380 g/mol. The molecule has 6 nitrogen and oxygen atoms in total. The van der Waals surface area contributed by atoms with Crippen molar-refractivity contribution in [2.75, 3.05) is 0 Å². The molecule has 122 valence electrons. The molecular weight excluding hydrogens is 369 g/mol. The number of halogens is 2. The molecule has 24 heavy (non-hydrogen) atoms. The van der Waals surface area contributed by atoms with Crippen LogP contribution in [0.3, 0.4) is 0 Å². The second-order valence-electron chi connectivity index (χ2n) is 4.60. The van der Waals surface area contributed by atoms with Crippen molar-refractivity contribution in [1.82, 2.24) is 19.9 Å². The molecule has 0 amide bonds. The molecule has 0 unspecified atom stereocenters. The summed E-state index contributed by atoms with van der Waals surface area (Å²) in [7, 11) is 0. The molecule has 0 aliphatic carbocycles. The first-order chi connectivity index (χ1) is 11.6. The molecule has 0 spiro atoms. The highest BCUT2D eigenvalue weighted by Gasteiger charge is 2.10. The number of nitrogens with one attached hydrogen (secondary N) is 1. The Morgan fingerprint density at radius 2 is 2.00 bits per heavy atom. The Hall–Kier alpha value is -2.22. The average Bonchev–Trinajstić information content (AvgIpc) is 2.93. The van der Waals surface area contributed by atoms with Crippen LogP contribution >= 0.6 is 35.4 Å². The summed E-state index contributed by atoms with van der Waals surface area (Å²) >= 11 is 17.3. The van der Waals surface area contributed by atoms with Crippen LogP contribution in [0.15, 0.2) is 47.7 Å². The van der Waals surface area contributed by atoms with Gasteiger partial charge in [-0.3, -0.25) is 4.98 Å². The smallest absolute Gasteiger partial charge is 0.216 e. The van der Waals surface area contributed by atoms with Crippen LogP contribution in [0.5, 0.6) is 5.75 Å². The quantitative estimate of drug-likeness (QED) is 0.535. The standard InChI is InChI=1S/C15H11Cl2N5OS/c16-11-5-3-6-12(17)14(11)23-9-13-20-21-15(24)22(13)19-8-10-4-1-2-7-18-10/h1-8H,9H2,(H,21,24). The van der Waals surface area contributed by atoms with E-state index >= 15 is 0 Å². The summed E-state index contributed by atoms with van der Waals surface area (Å²) in [6.45, 7) is 0.0934. The van der Waals surface area contributed by atoms with Crippen LogP contribution in [0.25, 0.3) is 0 Å². The van der Waals surface area contributed by atoms with E-state index < -0.39 is 0 Å². The molecule has 0 bridgehead atoms. The Morgan fingerprint density at radius 3 is 2.71 bits per heavy atom. The lowest BCUT2D eigenvalue weighted by molar-refractivity contribution is 0.291. The van der Waals surface area contributed by atoms with E-state index in [0.717, 1.165) is 0 Å². The van der Waals surface area contributed by atoms with E-state index in [0.29, 0.717) is 32.1 Å². The lowest BCUT2D eigenvalue weighted by atomic mass is 10.3. The molecular formula is C15H11Cl2N5OS. The zero-order chi connectivity index (χ0) is 16.9. The fourth-order valence-electron chi connectivity index (χ4n) is 1.86. The number of nitrogens with zero attached hydrogens (tertiary/aromatic N) is 4. The van der Waals surface area contributed by atoms with Gasteiger partial charge in [0.1, 0.15) is 6.61 Å². The van der Waals surface area contributed by atoms with Gasteiger partial charge in [0, 0.05) is 6.20 Å². The third-order valence-electron chi connectivity index (χ3n) is 2.98. The fourth-order valence-corrected chi connectivity index (χ4v) is 2.57. The number of benzene rings is 1. The summed E-state index contributed by atoms with van der Waals surface area (Å²) in [4.78, 5) is 4.16. The summed E-state index contributed by atoms with van der Waals surface area (Å²) in [6, 6.07) is 10.6. The number of pyridine rings is 1. The molecule has 2 aromatic heterocycles. The van der Waals surface area contributed by atoms with Gasteiger partial charge in [-0.2, -0.15) is 14.9 Å². The third-order valence-corrected chi connectivity index (χ3v) is 3.83. The summed E-state index contributed by atoms with van der Waals surface area (Å²) < 4.78 is 7.45. The van der Waals surface area contributed by atoms with Crippen LogP contribution in [-0.2, 0) is 6.61 Å². The van der Waals surface area contributed by atoms with E-state index in [2.05, 4.69) is 20.3 Å². The Bertz CT molecular complexity index is 903. The minimum atomic E-state index is 0.0934. The number of H-pyrrole nitrogens is 1. The SMILES string of the molecule is S=c1[nH]nc(COc2c(Cl)cccc2Cl)n1N=Cc1ccccn1. The highest BCUT2D eigenvalue weighted by atomic mass is 35.5. The molecule has 2 heterocycles. The van der Waals surface area contributed by atoms with E-state index in [1.54, 1.807) is 30.6 Å². The molecule has 0 saturated carbocycles. The molecule has 9 heteroatoms. The van der Waals surface area contributed by atoms with Gasteiger partial charge in [-0.25, -0.2) is 5.10 Å². The first-order valence-corrected chi connectivity index (χ1v) is 8.00. The fraction of sp³-hybridized carbons (Fsp3) is 0.0667. The van der Waals surface area contributed by atoms with Gasteiger partial charge in [-0.1, -0.05) is 35.3 Å². The molecule has 0 radical (unpaired) electrons. The van der Waals surface area contributed by atoms with Gasteiger partial charge in [0.25, 0.3) is 0 Å². The largest absolute Gasteiger partial charge is 0.482 e. The van der Waals surface area contributed by atoms with Gasteiger partial charge in [-0.05, 0) is 36.5 Å². The Balaban J connectivity index is 1.80. The maximum absolute atomic E-state index is 6.08. The van der Waals surface area contributed by atoms with Crippen molar-refractivity contribution in [1.29, 1.82) is 0 Å². The predicted octanol–water partition coefficient (Wildman–Crippen LogP) is 4.10. The van der Waals surface area contributed by atoms with Gasteiger partial charge in [0.15, 0.2) is 11.6 Å². The summed E-state index contributed by atoms with van der Waals surface area (Å²) in [5.41, 5.74) is 0.696. The first kappa shape index (κ1) is 16.6. The highest BCUT2D eigenvalue weighted by molar-refractivity contribution is 7.71. The lowest BCUT2D eigenvalue weighted by Gasteiger charge is -2.08. The normalized spacial score (nSPS) is 11.1. The van der Waals surface area contributed by atoms with Crippen molar-refractivity contribution in [3.63, 3.8) is 0 Å². The number of para-hydroxylation sites is 1. The zero-order valence-electron chi connectivity index (χ0n) is 12.2. The molecule has 3 aromatic rings. The van der Waals surface area contributed by atoms with E-state index in [1.807, 2.05) is 18.2 Å². The van der Waals surface area contributed by atoms with Crippen LogP contribution in [0.4, 0.5) is 0 Å². The van der Waals surface area contributed by atoms with E-state index in [9.17, 15) is 0 Å². The molecule has 1 N–H and O–H groups in total. The van der Waals surface area contributed by atoms with Crippen LogP contribution < -0.4 is 4.74 Å². The monoisotopic (exact) mass is 379 g/mol. The number of aromatic amines is 1. The van der Waals surface area contributed by atoms with E-state index in [-0.39, 0.29) is 6.61 Å². The Kier molecular flexibility index (Phi) is 5.24. The van der Waals surface area contributed by atoms with Crippen molar-refractivity contribution in [2.24, 2.45) is 5.10 Å². The van der Waals surface area contributed by atoms with Crippen molar-refractivity contribution >= 4 is 41.6 Å². The predicted molar refractivity (Wildman–Crippen MR) is 95.4 cm³/mol. The van der Waals surface area contributed by atoms with Gasteiger partial charge < -0.3 is 4.74 Å². The van der Waals surface area contributed by atoms with Crippen LogP contribution in [0.1, 0.15) is 11.5 Å². The maximum atomic E-state index is 6.08. The molecule has 1 aromatic carbocycles. The molecule has 0 atom stereocenters. The highest BCUT2D eigenvalue weighted by Crippen LogP contribution is 2.32. The number of rotatable bonds is 5. The van der Waals surface area contributed by atoms with Gasteiger partial charge in [0.05, 0.1) is 22.0 Å². The topological polar surface area (TPSA) is 68.1 Å². The van der Waals surface area contributed by atoms with Crippen LogP contribution in [0.2, 0.25) is 10.0 Å². The van der Waals surface area contributed by atoms with Crippen molar-refractivity contribution in [3.05, 3.63) is 68.9 Å². The molecule has 0 saturated heterocycles. The van der Waals surface area contributed by atoms with E-state index in [1.165, 1.54) is 4.68 Å². The zero-order valence-corrected chi connectivity index (χ0v) is 14.5. The molecule has 0 aliphatic rings. The summed E-state index contributed by atoms with van der Waals surface area (Å²) in [6.07, 6.45) is 3.26. The van der Waals surface area contributed by atoms with Crippen molar-refractivity contribution in [3.8, 4) is 5.75 Å². The number of aromatic nitrogens is 4. The van der Waals surface area contributed by atoms with Gasteiger partial charge in [-0.15, -0.1) is 0 Å². The number of hydrogen-bond acceptors (Lipinski definition) is 5. The van der Waals surface area contributed by atoms with Gasteiger partial charge >= 0.3 is 0 Å². The summed E-state index contributed by atoms with van der Waals surface area (Å²) in [5, 5.41) is 11.9. The molecule has 3 rings (SSSR count). The second-order valence-corrected chi connectivity index (χ2v) is 5.80. The van der Waals surface area contributed by atoms with E-state index in [4.69, 9.17) is 40.2 Å². The van der Waals surface area contributed by atoms with Crippen molar-refractivity contribution in [2.45, 2.75) is 6.61 Å². The Morgan fingerprint density at radius 1 is 1.21 bits per heavy atom. The lowest BCUT2D eigenvalue weighted by Crippen LogP contribution is -2.05. The van der Waals surface area contributed by atoms with Crippen LogP contribution in [0, 0.1) is 4.77 Å². The maximum Gasteiger partial charge on any atom is 0.216 e. The minimum Gasteiger partial charge on any atom is -0.482 e. The molecule has 0 fully saturated rings. The van der Waals surface area contributed by atoms with Gasteiger partial charge in [0.2, 0.25) is 4.77 Å². The number of hydrogen-bond donors (Lipinski definition) is 1. The second kappa shape index (κ2) is 7.57.